The van der Waals surface area contributed by atoms with Gasteiger partial charge in [0.25, 0.3) is 0 Å². The molecule has 0 aliphatic rings. The van der Waals surface area contributed by atoms with Crippen LogP contribution in [-0.4, -0.2) is 22.5 Å². The van der Waals surface area contributed by atoms with Crippen LogP contribution >= 0.6 is 13.5 Å². The molecule has 56 valence electrons. The average Bonchev–Trinajstić information content (AvgIpc) is 1.25. The van der Waals surface area contributed by atoms with Crippen LogP contribution in [0.25, 0.3) is 0 Å². The van der Waals surface area contributed by atoms with Crippen LogP contribution in [0.3, 0.4) is 0 Å². The third kappa shape index (κ3) is 1350. The maximum absolute atomic E-state index is 8.56. The van der Waals surface area contributed by atoms with E-state index in [4.69, 9.17) is 30.0 Å². The minimum Gasteiger partial charge on any atom is -0.652 e. The summed E-state index contributed by atoms with van der Waals surface area (Å²) in [6.45, 7) is 0. The molecule has 0 saturated carbocycles. The molecule has 2 N–H and O–H groups in total. The second kappa shape index (κ2) is 15.8. The van der Waals surface area contributed by atoms with Gasteiger partial charge in [0, 0.05) is 0 Å². The summed E-state index contributed by atoms with van der Waals surface area (Å²) in [5, 5.41) is 30.6. The van der Waals surface area contributed by atoms with Gasteiger partial charge in [-0.15, -0.1) is 0 Å². The van der Waals surface area contributed by atoms with Crippen molar-refractivity contribution in [2.24, 2.45) is 0 Å². The smallest absolute Gasteiger partial charge is 0.652 e. The number of carboxylic acid groups (broad SMARTS) is 4. The summed E-state index contributed by atoms with van der Waals surface area (Å²) in [5.74, 6) is 0. The molecule has 0 spiro atoms. The van der Waals surface area contributed by atoms with Crippen molar-refractivity contribution < 1.29 is 49.5 Å². The Morgan fingerprint density at radius 3 is 1.10 bits per heavy atom. The van der Waals surface area contributed by atoms with Gasteiger partial charge in [0.15, 0.2) is 0 Å². The van der Waals surface area contributed by atoms with Crippen LogP contribution in [0, 0.1) is 0 Å². The number of rotatable bonds is 0. The summed E-state index contributed by atoms with van der Waals surface area (Å²) in [7, 11) is 0. The molecule has 0 unspecified atom stereocenters. The molecule has 0 aliphatic carbocycles. The van der Waals surface area contributed by atoms with Gasteiger partial charge < -0.3 is 25.2 Å². The van der Waals surface area contributed by atoms with Gasteiger partial charge in [-0.2, -0.15) is 13.5 Å². The van der Waals surface area contributed by atoms with Crippen molar-refractivity contribution >= 4 is 25.8 Å². The van der Waals surface area contributed by atoms with E-state index in [-0.39, 0.29) is 33.0 Å². The minimum atomic E-state index is -2.33. The predicted molar refractivity (Wildman–Crippen MR) is 26.4 cm³/mol. The minimum absolute atomic E-state index is 0. The van der Waals surface area contributed by atoms with E-state index in [0.717, 1.165) is 0 Å². The first kappa shape index (κ1) is 22.7. The Labute approximate surface area is 75.7 Å². The maximum Gasteiger partial charge on any atom is 2.00 e. The number of hydrogen-bond donors (Lipinski definition) is 2. The maximum atomic E-state index is 8.56. The Balaban J connectivity index is -0.0000000300. The van der Waals surface area contributed by atoms with Crippen LogP contribution in [0.15, 0.2) is 0 Å². The predicted octanol–water partition coefficient (Wildman–Crippen LogP) is -2.11. The first-order valence-corrected chi connectivity index (χ1v) is 1.26. The molecule has 0 aromatic carbocycles. The van der Waals surface area contributed by atoms with E-state index in [1.807, 2.05) is 0 Å². The van der Waals surface area contributed by atoms with Crippen molar-refractivity contribution in [3.05, 3.63) is 0 Å². The number of carbonyl (C=O) groups is 2. The molecule has 0 atom stereocenters. The number of carbonyl (C=O) groups excluding carboxylic acids is 1. The molecule has 0 saturated heterocycles. The van der Waals surface area contributed by atoms with E-state index in [2.05, 4.69) is 0 Å². The molecule has 0 aliphatic heterocycles. The fraction of sp³-hybridized carbons (Fsp3) is 0. The van der Waals surface area contributed by atoms with Gasteiger partial charge in [0.1, 0.15) is 0 Å². The van der Waals surface area contributed by atoms with Gasteiger partial charge in [-0.25, -0.2) is 4.79 Å². The van der Waals surface area contributed by atoms with Crippen molar-refractivity contribution in [2.45, 2.75) is 0 Å². The molecule has 0 rings (SSSR count). The van der Waals surface area contributed by atoms with Gasteiger partial charge in [-0.3, -0.25) is 0 Å². The Bertz CT molecular complexity index is 73.7. The molecule has 0 bridgehead atoms. The molecule has 0 heterocycles. The zero-order valence-corrected chi connectivity index (χ0v) is 8.70. The van der Waals surface area contributed by atoms with E-state index >= 15 is 0 Å². The van der Waals surface area contributed by atoms with E-state index in [1.54, 1.807) is 0 Å². The number of hydrogen-bond acceptors (Lipinski definition) is 4. The largest absolute Gasteiger partial charge is 2.00 e. The molecule has 0 radical (unpaired) electrons. The molecule has 0 amide bonds. The molecule has 0 aromatic rings. The first-order chi connectivity index (χ1) is 3.46. The van der Waals surface area contributed by atoms with Crippen LogP contribution in [0.5, 0.6) is 0 Å². The summed E-state index contributed by atoms with van der Waals surface area (Å²) < 4.78 is 0. The summed E-state index contributed by atoms with van der Waals surface area (Å²) in [5.41, 5.74) is 0. The van der Waals surface area contributed by atoms with Gasteiger partial charge in [0.2, 0.25) is 0 Å². The molecule has 10 heavy (non-hydrogen) atoms. The van der Waals surface area contributed by atoms with Crippen LogP contribution in [-0.2, 0) is 19.5 Å². The molecule has 8 heteroatoms. The van der Waals surface area contributed by atoms with Crippen LogP contribution in [0.1, 0.15) is 0 Å². The molecule has 0 aromatic heterocycles. The first-order valence-electron chi connectivity index (χ1n) is 1.26. The summed E-state index contributed by atoms with van der Waals surface area (Å²) >= 11 is 0. The van der Waals surface area contributed by atoms with E-state index in [0.29, 0.717) is 0 Å². The van der Waals surface area contributed by atoms with Crippen molar-refractivity contribution in [1.82, 2.24) is 0 Å². The standard InChI is InChI=1S/2CH2O3.H2S.Zn/c2*2-1(3)4;;/h2*(H2,2,3,4);1H2;/q;;;+2/p-2. The summed E-state index contributed by atoms with van der Waals surface area (Å²) in [6.07, 6.45) is -4.17. The van der Waals surface area contributed by atoms with Gasteiger partial charge >= 0.3 is 25.6 Å². The van der Waals surface area contributed by atoms with Crippen molar-refractivity contribution in [3.8, 4) is 0 Å². The van der Waals surface area contributed by atoms with Crippen LogP contribution in [0.2, 0.25) is 0 Å². The Morgan fingerprint density at radius 1 is 1.10 bits per heavy atom. The van der Waals surface area contributed by atoms with Crippen molar-refractivity contribution in [1.29, 1.82) is 0 Å². The molecular weight excluding hydrogens is 217 g/mol. The average molecular weight is 222 g/mol. The zero-order chi connectivity index (χ0) is 7.15. The summed E-state index contributed by atoms with van der Waals surface area (Å²) in [4.78, 5) is 16.9. The van der Waals surface area contributed by atoms with E-state index in [9.17, 15) is 0 Å². The van der Waals surface area contributed by atoms with Crippen LogP contribution < -0.4 is 10.2 Å². The fourth-order valence-electron chi connectivity index (χ4n) is 0. The van der Waals surface area contributed by atoms with Gasteiger partial charge in [-0.05, 0) is 6.16 Å². The second-order valence-electron chi connectivity index (χ2n) is 0.533. The zero-order valence-electron chi connectivity index (χ0n) is 4.73. The molecule has 0 fully saturated rings. The second-order valence-corrected chi connectivity index (χ2v) is 0.533. The topological polar surface area (TPSA) is 121 Å². The molecular formula is C2H4O6SZn. The monoisotopic (exact) mass is 220 g/mol. The molecule has 6 nitrogen and oxygen atoms in total. The van der Waals surface area contributed by atoms with E-state index < -0.39 is 12.3 Å². The van der Waals surface area contributed by atoms with Gasteiger partial charge in [0.05, 0.1) is 0 Å². The fourth-order valence-corrected chi connectivity index (χ4v) is 0. The quantitative estimate of drug-likeness (QED) is 0.451. The third-order valence-corrected chi connectivity index (χ3v) is 0. The Morgan fingerprint density at radius 2 is 1.10 bits per heavy atom. The van der Waals surface area contributed by atoms with Crippen molar-refractivity contribution in [3.63, 3.8) is 0 Å². The van der Waals surface area contributed by atoms with Gasteiger partial charge in [-0.1, -0.05) is 0 Å². The SMILES string of the molecule is O=C(O)O.O=C([O-])[O-].S.[Zn+2]. The Kier molecular flexibility index (Phi) is 35.9. The van der Waals surface area contributed by atoms with E-state index in [1.165, 1.54) is 0 Å². The third-order valence-electron chi connectivity index (χ3n) is 0. The van der Waals surface area contributed by atoms with Crippen molar-refractivity contribution in [2.75, 3.05) is 0 Å². The Hall–Kier alpha value is -0.487. The normalized spacial score (nSPS) is 4.80. The summed E-state index contributed by atoms with van der Waals surface area (Å²) in [6, 6.07) is 0. The van der Waals surface area contributed by atoms with Crippen LogP contribution in [0.4, 0.5) is 9.59 Å².